The molecule has 0 bridgehead atoms. The normalized spacial score (nSPS) is 12.2. The van der Waals surface area contributed by atoms with Gasteiger partial charge in [0.2, 0.25) is 0 Å². The maximum absolute atomic E-state index is 13.5. The lowest BCUT2D eigenvalue weighted by atomic mass is 10.0. The van der Waals surface area contributed by atoms with Gasteiger partial charge in [0.25, 0.3) is 0 Å². The van der Waals surface area contributed by atoms with E-state index in [4.69, 9.17) is 4.74 Å². The smallest absolute Gasteiger partial charge is 0.137 e. The zero-order valence-electron chi connectivity index (χ0n) is 12.2. The van der Waals surface area contributed by atoms with Gasteiger partial charge in [0.05, 0.1) is 11.6 Å². The monoisotopic (exact) mass is 351 g/mol. The van der Waals surface area contributed by atoms with Crippen LogP contribution >= 0.6 is 15.9 Å². The second-order valence-electron chi connectivity index (χ2n) is 4.83. The molecule has 2 aromatic carbocycles. The van der Waals surface area contributed by atoms with Crippen molar-refractivity contribution in [2.75, 3.05) is 7.11 Å². The van der Waals surface area contributed by atoms with E-state index in [0.717, 1.165) is 23.3 Å². The molecule has 0 heterocycles. The van der Waals surface area contributed by atoms with E-state index in [1.165, 1.54) is 0 Å². The molecule has 112 valence electrons. The number of hydrogen-bond acceptors (Lipinski definition) is 2. The lowest BCUT2D eigenvalue weighted by Crippen LogP contribution is -2.21. The first-order valence-electron chi connectivity index (χ1n) is 6.96. The Morgan fingerprint density at radius 1 is 1.24 bits per heavy atom. The van der Waals surface area contributed by atoms with Gasteiger partial charge in [0.1, 0.15) is 11.6 Å². The van der Waals surface area contributed by atoms with Gasteiger partial charge in [-0.3, -0.25) is 0 Å². The van der Waals surface area contributed by atoms with Crippen LogP contribution in [0, 0.1) is 5.82 Å². The number of rotatable bonds is 6. The van der Waals surface area contributed by atoms with Crippen LogP contribution in [0.1, 0.15) is 30.5 Å². The van der Waals surface area contributed by atoms with Crippen molar-refractivity contribution in [3.05, 3.63) is 63.9 Å². The highest BCUT2D eigenvalue weighted by Crippen LogP contribution is 2.27. The predicted octanol–water partition coefficient (Wildman–Crippen LogP) is 4.84. The van der Waals surface area contributed by atoms with Gasteiger partial charge in [0.15, 0.2) is 0 Å². The Labute approximate surface area is 133 Å². The van der Waals surface area contributed by atoms with E-state index in [0.29, 0.717) is 11.0 Å². The van der Waals surface area contributed by atoms with Gasteiger partial charge in [-0.1, -0.05) is 31.2 Å². The number of methoxy groups -OCH3 is 1. The zero-order chi connectivity index (χ0) is 15.2. The quantitative estimate of drug-likeness (QED) is 0.803. The number of ether oxygens (including phenoxy) is 1. The average Bonchev–Trinajstić information content (AvgIpc) is 2.51. The maximum atomic E-state index is 13.5. The van der Waals surface area contributed by atoms with Gasteiger partial charge >= 0.3 is 0 Å². The second kappa shape index (κ2) is 7.57. The van der Waals surface area contributed by atoms with Crippen LogP contribution in [0.2, 0.25) is 0 Å². The van der Waals surface area contributed by atoms with Gasteiger partial charge in [-0.15, -0.1) is 0 Å². The lowest BCUT2D eigenvalue weighted by molar-refractivity contribution is 0.396. The minimum Gasteiger partial charge on any atom is -0.496 e. The maximum Gasteiger partial charge on any atom is 0.137 e. The van der Waals surface area contributed by atoms with Crippen LogP contribution in [0.25, 0.3) is 0 Å². The van der Waals surface area contributed by atoms with Crippen molar-refractivity contribution < 1.29 is 9.13 Å². The third-order valence-corrected chi connectivity index (χ3v) is 4.10. The first-order valence-corrected chi connectivity index (χ1v) is 7.75. The largest absolute Gasteiger partial charge is 0.496 e. The van der Waals surface area contributed by atoms with Crippen LogP contribution in [0.15, 0.2) is 46.9 Å². The Kier molecular flexibility index (Phi) is 5.76. The molecule has 1 unspecified atom stereocenters. The molecule has 21 heavy (non-hydrogen) atoms. The van der Waals surface area contributed by atoms with E-state index in [2.05, 4.69) is 34.2 Å². The van der Waals surface area contributed by atoms with E-state index in [9.17, 15) is 4.39 Å². The fourth-order valence-corrected chi connectivity index (χ4v) is 2.57. The summed E-state index contributed by atoms with van der Waals surface area (Å²) in [5.74, 6) is 0.637. The molecule has 2 rings (SSSR count). The molecular formula is C17H19BrFNO. The molecule has 0 fully saturated rings. The summed E-state index contributed by atoms with van der Waals surface area (Å²) in [6.07, 6.45) is 0.930. The third-order valence-electron chi connectivity index (χ3n) is 3.46. The van der Waals surface area contributed by atoms with Gasteiger partial charge < -0.3 is 10.1 Å². The third kappa shape index (κ3) is 4.05. The molecule has 0 spiro atoms. The molecule has 2 aromatic rings. The summed E-state index contributed by atoms with van der Waals surface area (Å²) >= 11 is 3.17. The van der Waals surface area contributed by atoms with Gasteiger partial charge in [-0.05, 0) is 46.1 Å². The molecule has 4 heteroatoms. The number of halogens is 2. The van der Waals surface area contributed by atoms with Crippen LogP contribution in [-0.2, 0) is 6.54 Å². The minimum absolute atomic E-state index is 0.174. The average molecular weight is 352 g/mol. The predicted molar refractivity (Wildman–Crippen MR) is 87.0 cm³/mol. The van der Waals surface area contributed by atoms with Gasteiger partial charge in [-0.25, -0.2) is 4.39 Å². The number of hydrogen-bond donors (Lipinski definition) is 1. The summed E-state index contributed by atoms with van der Waals surface area (Å²) in [5.41, 5.74) is 2.05. The molecule has 0 saturated carbocycles. The lowest BCUT2D eigenvalue weighted by Gasteiger charge is -2.20. The SMILES string of the molecule is CCC(NCc1ccc(Br)c(F)c1)c1ccccc1OC. The van der Waals surface area contributed by atoms with E-state index in [1.807, 2.05) is 24.3 Å². The van der Waals surface area contributed by atoms with Gasteiger partial charge in [-0.2, -0.15) is 0 Å². The molecule has 1 atom stereocenters. The summed E-state index contributed by atoms with van der Waals surface area (Å²) in [4.78, 5) is 0. The highest BCUT2D eigenvalue weighted by Gasteiger charge is 2.13. The van der Waals surface area contributed by atoms with Gasteiger partial charge in [0, 0.05) is 18.2 Å². The summed E-state index contributed by atoms with van der Waals surface area (Å²) in [5, 5.41) is 3.46. The number of para-hydroxylation sites is 1. The van der Waals surface area contributed by atoms with E-state index in [-0.39, 0.29) is 11.9 Å². The summed E-state index contributed by atoms with van der Waals surface area (Å²) in [7, 11) is 1.68. The summed E-state index contributed by atoms with van der Waals surface area (Å²) in [6.45, 7) is 2.73. The van der Waals surface area contributed by atoms with E-state index in [1.54, 1.807) is 19.2 Å². The first-order chi connectivity index (χ1) is 10.2. The Bertz CT molecular complexity index is 603. The van der Waals surface area contributed by atoms with Crippen molar-refractivity contribution in [2.24, 2.45) is 0 Å². The molecule has 0 saturated heterocycles. The standard InChI is InChI=1S/C17H19BrFNO/c1-3-16(13-6-4-5-7-17(13)21-2)20-11-12-8-9-14(18)15(19)10-12/h4-10,16,20H,3,11H2,1-2H3. The van der Waals surface area contributed by atoms with Crippen molar-refractivity contribution in [2.45, 2.75) is 25.9 Å². The molecule has 0 radical (unpaired) electrons. The van der Waals surface area contributed by atoms with Crippen molar-refractivity contribution >= 4 is 15.9 Å². The Morgan fingerprint density at radius 2 is 2.00 bits per heavy atom. The molecule has 0 aliphatic rings. The molecule has 0 aliphatic carbocycles. The molecule has 1 N–H and O–H groups in total. The Hall–Kier alpha value is -1.39. The highest BCUT2D eigenvalue weighted by molar-refractivity contribution is 9.10. The van der Waals surface area contributed by atoms with Crippen LogP contribution in [-0.4, -0.2) is 7.11 Å². The minimum atomic E-state index is -0.236. The van der Waals surface area contributed by atoms with Crippen molar-refractivity contribution in [3.63, 3.8) is 0 Å². The van der Waals surface area contributed by atoms with Crippen LogP contribution in [0.3, 0.4) is 0 Å². The summed E-state index contributed by atoms with van der Waals surface area (Å²) in [6, 6.07) is 13.3. The Balaban J connectivity index is 2.10. The molecule has 0 aromatic heterocycles. The topological polar surface area (TPSA) is 21.3 Å². The van der Waals surface area contributed by atoms with E-state index < -0.39 is 0 Å². The Morgan fingerprint density at radius 3 is 2.67 bits per heavy atom. The van der Waals surface area contributed by atoms with Crippen LogP contribution in [0.5, 0.6) is 5.75 Å². The fourth-order valence-electron chi connectivity index (χ4n) is 2.32. The fraction of sp³-hybridized carbons (Fsp3) is 0.294. The van der Waals surface area contributed by atoms with E-state index >= 15 is 0 Å². The molecule has 0 aliphatic heterocycles. The number of benzene rings is 2. The molecule has 2 nitrogen and oxygen atoms in total. The van der Waals surface area contributed by atoms with Crippen LogP contribution < -0.4 is 10.1 Å². The van der Waals surface area contributed by atoms with Crippen LogP contribution in [0.4, 0.5) is 4.39 Å². The van der Waals surface area contributed by atoms with Crippen molar-refractivity contribution in [1.82, 2.24) is 5.32 Å². The first kappa shape index (κ1) is 16.0. The van der Waals surface area contributed by atoms with Crippen molar-refractivity contribution in [1.29, 1.82) is 0 Å². The molecular weight excluding hydrogens is 333 g/mol. The second-order valence-corrected chi connectivity index (χ2v) is 5.69. The highest BCUT2D eigenvalue weighted by atomic mass is 79.9. The zero-order valence-corrected chi connectivity index (χ0v) is 13.8. The molecule has 0 amide bonds. The number of nitrogens with one attached hydrogen (secondary N) is 1. The van der Waals surface area contributed by atoms with Crippen molar-refractivity contribution in [3.8, 4) is 5.75 Å². The summed E-state index contributed by atoms with van der Waals surface area (Å²) < 4.78 is 19.4.